The van der Waals surface area contributed by atoms with Crippen LogP contribution in [0.5, 0.6) is 0 Å². The van der Waals surface area contributed by atoms with Gasteiger partial charge in [0.25, 0.3) is 0 Å². The van der Waals surface area contributed by atoms with E-state index in [2.05, 4.69) is 11.9 Å². The normalized spacial score (nSPS) is 11.3. The van der Waals surface area contributed by atoms with E-state index < -0.39 is 0 Å². The molecule has 0 fully saturated rings. The third-order valence-corrected chi connectivity index (χ3v) is 4.36. The van der Waals surface area contributed by atoms with Crippen LogP contribution in [0.1, 0.15) is 42.4 Å². The molecule has 0 radical (unpaired) electrons. The molecule has 0 saturated heterocycles. The van der Waals surface area contributed by atoms with Crippen LogP contribution < -0.4 is 16.8 Å². The number of benzene rings is 2. The third-order valence-electron chi connectivity index (χ3n) is 4.36. The summed E-state index contributed by atoms with van der Waals surface area (Å²) in [6.45, 7) is 4.62. The van der Waals surface area contributed by atoms with Crippen molar-refractivity contribution in [3.8, 4) is 0 Å². The summed E-state index contributed by atoms with van der Waals surface area (Å²) in [5.41, 5.74) is 16.3. The van der Waals surface area contributed by atoms with E-state index in [0.717, 1.165) is 61.0 Å². The number of rotatable bonds is 10. The van der Waals surface area contributed by atoms with Crippen molar-refractivity contribution < 1.29 is 4.39 Å². The lowest BCUT2D eigenvalue weighted by molar-refractivity contribution is 0.614. The molecular weight excluding hydrogens is 325 g/mol. The Balaban J connectivity index is 1.61. The number of nitrogens with one attached hydrogen (secondary N) is 1. The molecule has 5 N–H and O–H groups in total. The number of hydrogen-bond acceptors (Lipinski definition) is 3. The number of nitrogen functional groups attached to an aromatic ring is 1. The zero-order valence-corrected chi connectivity index (χ0v) is 15.2. The fraction of sp³-hybridized carbons (Fsp3) is 0.273. The number of hydrogen-bond donors (Lipinski definition) is 3. The molecule has 0 atom stereocenters. The van der Waals surface area contributed by atoms with Gasteiger partial charge in [-0.3, -0.25) is 0 Å². The molecule has 0 spiro atoms. The Hall–Kier alpha value is -2.75. The van der Waals surface area contributed by atoms with Crippen LogP contribution in [0.25, 0.3) is 11.8 Å². The Morgan fingerprint density at radius 3 is 2.50 bits per heavy atom. The van der Waals surface area contributed by atoms with Crippen molar-refractivity contribution in [3.63, 3.8) is 0 Å². The van der Waals surface area contributed by atoms with Gasteiger partial charge in [0.1, 0.15) is 5.82 Å². The van der Waals surface area contributed by atoms with Crippen LogP contribution in [0.15, 0.2) is 55.2 Å². The van der Waals surface area contributed by atoms with Gasteiger partial charge in [0.2, 0.25) is 0 Å². The predicted octanol–water partition coefficient (Wildman–Crippen LogP) is 4.70. The number of unbranched alkanes of at least 4 members (excludes halogenated alkanes) is 3. The second-order valence-corrected chi connectivity index (χ2v) is 6.39. The summed E-state index contributed by atoms with van der Waals surface area (Å²) >= 11 is 0. The Kier molecular flexibility index (Phi) is 7.75. The molecule has 0 aliphatic rings. The van der Waals surface area contributed by atoms with Gasteiger partial charge in [0.05, 0.1) is 5.70 Å². The van der Waals surface area contributed by atoms with Crippen molar-refractivity contribution in [2.45, 2.75) is 32.1 Å². The van der Waals surface area contributed by atoms with Crippen LogP contribution in [0.3, 0.4) is 0 Å². The van der Waals surface area contributed by atoms with Crippen LogP contribution in [-0.2, 0) is 6.42 Å². The van der Waals surface area contributed by atoms with Crippen molar-refractivity contribution in [2.24, 2.45) is 5.73 Å². The molecule has 138 valence electrons. The predicted molar refractivity (Wildman–Crippen MR) is 110 cm³/mol. The maximum absolute atomic E-state index is 13.2. The first-order valence-corrected chi connectivity index (χ1v) is 9.06. The lowest BCUT2D eigenvalue weighted by atomic mass is 10.0. The van der Waals surface area contributed by atoms with E-state index in [9.17, 15) is 4.39 Å². The van der Waals surface area contributed by atoms with Crippen molar-refractivity contribution >= 4 is 17.5 Å². The molecule has 26 heavy (non-hydrogen) atoms. The SMILES string of the molecule is C=Cc1ccc(/C(N)=C/NCCCCCCc2cc(F)ccc2N)cc1. The molecule has 2 aromatic carbocycles. The molecule has 0 amide bonds. The fourth-order valence-corrected chi connectivity index (χ4v) is 2.76. The van der Waals surface area contributed by atoms with Crippen molar-refractivity contribution in [2.75, 3.05) is 12.3 Å². The van der Waals surface area contributed by atoms with Crippen LogP contribution in [0.2, 0.25) is 0 Å². The smallest absolute Gasteiger partial charge is 0.123 e. The average molecular weight is 353 g/mol. The van der Waals surface area contributed by atoms with Gasteiger partial charge in [-0.15, -0.1) is 0 Å². The van der Waals surface area contributed by atoms with Crippen LogP contribution in [-0.4, -0.2) is 6.54 Å². The topological polar surface area (TPSA) is 64.1 Å². The van der Waals surface area contributed by atoms with Crippen molar-refractivity contribution in [3.05, 3.63) is 77.8 Å². The van der Waals surface area contributed by atoms with Crippen LogP contribution in [0, 0.1) is 5.82 Å². The molecular formula is C22H28FN3. The van der Waals surface area contributed by atoms with Gasteiger partial charge in [-0.2, -0.15) is 0 Å². The Morgan fingerprint density at radius 2 is 1.77 bits per heavy atom. The summed E-state index contributed by atoms with van der Waals surface area (Å²) in [7, 11) is 0. The Morgan fingerprint density at radius 1 is 1.04 bits per heavy atom. The first kappa shape index (κ1) is 19.6. The summed E-state index contributed by atoms with van der Waals surface area (Å²) in [4.78, 5) is 0. The summed E-state index contributed by atoms with van der Waals surface area (Å²) < 4.78 is 13.2. The molecule has 2 aromatic rings. The number of anilines is 1. The highest BCUT2D eigenvalue weighted by molar-refractivity contribution is 5.63. The minimum Gasteiger partial charge on any atom is -0.399 e. The van der Waals surface area contributed by atoms with E-state index in [1.807, 2.05) is 36.5 Å². The Labute approximate surface area is 155 Å². The molecule has 0 unspecified atom stereocenters. The maximum Gasteiger partial charge on any atom is 0.123 e. The van der Waals surface area contributed by atoms with E-state index in [1.165, 1.54) is 12.1 Å². The molecule has 0 aliphatic carbocycles. The summed E-state index contributed by atoms with van der Waals surface area (Å²) in [6, 6.07) is 12.5. The summed E-state index contributed by atoms with van der Waals surface area (Å²) in [5.74, 6) is -0.220. The van der Waals surface area contributed by atoms with Crippen LogP contribution >= 0.6 is 0 Å². The lowest BCUT2D eigenvalue weighted by Gasteiger charge is -2.07. The highest BCUT2D eigenvalue weighted by Crippen LogP contribution is 2.16. The zero-order chi connectivity index (χ0) is 18.8. The molecule has 0 aromatic heterocycles. The molecule has 0 heterocycles. The van der Waals surface area contributed by atoms with E-state index in [0.29, 0.717) is 5.69 Å². The average Bonchev–Trinajstić information content (AvgIpc) is 2.66. The quantitative estimate of drug-likeness (QED) is 0.428. The molecule has 3 nitrogen and oxygen atoms in total. The molecule has 2 rings (SSSR count). The van der Waals surface area contributed by atoms with Gasteiger partial charge < -0.3 is 16.8 Å². The summed E-state index contributed by atoms with van der Waals surface area (Å²) in [5, 5.41) is 3.26. The van der Waals surface area contributed by atoms with E-state index in [1.54, 1.807) is 6.07 Å². The van der Waals surface area contributed by atoms with E-state index in [-0.39, 0.29) is 5.82 Å². The van der Waals surface area contributed by atoms with Crippen LogP contribution in [0.4, 0.5) is 10.1 Å². The van der Waals surface area contributed by atoms with Gasteiger partial charge in [-0.25, -0.2) is 4.39 Å². The first-order valence-electron chi connectivity index (χ1n) is 9.06. The fourth-order valence-electron chi connectivity index (χ4n) is 2.76. The van der Waals surface area contributed by atoms with Crippen molar-refractivity contribution in [1.29, 1.82) is 0 Å². The number of nitrogens with two attached hydrogens (primary N) is 2. The number of halogens is 1. The molecule has 0 saturated carbocycles. The standard InChI is InChI=1S/C22H28FN3/c1-2-17-8-10-18(11-9-17)22(25)16-26-14-6-4-3-5-7-19-15-20(23)12-13-21(19)24/h2,8-13,15-16,26H,1,3-7,14,24-25H2/b22-16-. The van der Waals surface area contributed by atoms with Gasteiger partial charge in [0.15, 0.2) is 0 Å². The van der Waals surface area contributed by atoms with E-state index >= 15 is 0 Å². The third kappa shape index (κ3) is 6.28. The van der Waals surface area contributed by atoms with Gasteiger partial charge in [-0.05, 0) is 54.2 Å². The highest BCUT2D eigenvalue weighted by atomic mass is 19.1. The lowest BCUT2D eigenvalue weighted by Crippen LogP contribution is -2.10. The van der Waals surface area contributed by atoms with E-state index in [4.69, 9.17) is 11.5 Å². The van der Waals surface area contributed by atoms with Gasteiger partial charge in [0, 0.05) is 18.4 Å². The molecule has 0 aliphatic heterocycles. The minimum atomic E-state index is -0.220. The highest BCUT2D eigenvalue weighted by Gasteiger charge is 2.01. The second kappa shape index (κ2) is 10.3. The molecule has 0 bridgehead atoms. The number of aryl methyl sites for hydroxylation is 1. The Bertz CT molecular complexity index is 736. The zero-order valence-electron chi connectivity index (χ0n) is 15.2. The molecule has 4 heteroatoms. The van der Waals surface area contributed by atoms with Gasteiger partial charge in [-0.1, -0.05) is 49.8 Å². The second-order valence-electron chi connectivity index (χ2n) is 6.39. The minimum absolute atomic E-state index is 0.220. The summed E-state index contributed by atoms with van der Waals surface area (Å²) in [6.07, 6.45) is 8.79. The maximum atomic E-state index is 13.2. The largest absolute Gasteiger partial charge is 0.399 e. The monoisotopic (exact) mass is 353 g/mol. The van der Waals surface area contributed by atoms with Crippen molar-refractivity contribution in [1.82, 2.24) is 5.32 Å². The van der Waals surface area contributed by atoms with Gasteiger partial charge >= 0.3 is 0 Å². The first-order chi connectivity index (χ1) is 12.6.